The van der Waals surface area contributed by atoms with Crippen molar-refractivity contribution in [1.29, 1.82) is 0 Å². The van der Waals surface area contributed by atoms with Crippen molar-refractivity contribution in [2.24, 2.45) is 35.5 Å². The fourth-order valence-electron chi connectivity index (χ4n) is 11.2. The molecule has 0 aliphatic carbocycles. The van der Waals surface area contributed by atoms with E-state index in [0.717, 1.165) is 14.7 Å². The standard InChI is InChI=1S/C65H115N11O13/c1-27-29-30-42(15)54(78)53-58(82)68-45(28-2)60(84)70(20)35-50(77)71(21)49(34-65(18,19)89-41(13)14)57(81)69-51(39(9)10)63(87)72(22)46(31-36(3)4)56(80)66-43(16)55(79)67-44(17)59(83)73(23)47(32-37(5)6)61(85)74(24)48(33-38(7)8)62(86)75(25)52(40(11)12)64(88)76(53)26/h27,29,36-40,42-49,51-54,78H,13,28,30-35H2,1-12,14-26H3,(H,66,80)(H,67,79)(H,68,82)(H,69,81)/b29-27+/t42-,43-,44+,45-,46-,47-,48+,49+,51-,52-,53?,54-/m1/s1. The lowest BCUT2D eigenvalue weighted by atomic mass is 9.91. The predicted molar refractivity (Wildman–Crippen MR) is 344 cm³/mol. The van der Waals surface area contributed by atoms with Gasteiger partial charge in [-0.1, -0.05) is 102 Å². The largest absolute Gasteiger partial charge is 0.493 e. The van der Waals surface area contributed by atoms with Crippen LogP contribution < -0.4 is 21.3 Å². The molecule has 1 heterocycles. The summed E-state index contributed by atoms with van der Waals surface area (Å²) in [7, 11) is 9.80. The summed E-state index contributed by atoms with van der Waals surface area (Å²) in [4.78, 5) is 170. The Bertz CT molecular complexity index is 2500. The van der Waals surface area contributed by atoms with E-state index in [2.05, 4.69) is 27.8 Å². The van der Waals surface area contributed by atoms with Crippen molar-refractivity contribution in [3.63, 3.8) is 0 Å². The maximum atomic E-state index is 15.2. The number of carbonyl (C=O) groups excluding carboxylic acids is 11. The van der Waals surface area contributed by atoms with Crippen molar-refractivity contribution in [2.45, 2.75) is 235 Å². The lowest BCUT2D eigenvalue weighted by Crippen LogP contribution is -2.63. The minimum absolute atomic E-state index is 0.00582. The Balaban J connectivity index is 4.41. The zero-order valence-electron chi connectivity index (χ0n) is 58.6. The molecule has 11 amide bonds. The number of allylic oxidation sites excluding steroid dienone is 3. The van der Waals surface area contributed by atoms with Gasteiger partial charge in [0.05, 0.1) is 18.4 Å². The number of carbonyl (C=O) groups is 11. The summed E-state index contributed by atoms with van der Waals surface area (Å²) in [6.07, 6.45) is 2.63. The summed E-state index contributed by atoms with van der Waals surface area (Å²) in [5.41, 5.74) is -1.13. The lowest BCUT2D eigenvalue weighted by molar-refractivity contribution is -0.157. The number of likely N-dealkylation sites (N-methyl/N-ethyl adjacent to an activating group) is 7. The van der Waals surface area contributed by atoms with E-state index in [9.17, 15) is 48.3 Å². The second-order valence-electron chi connectivity index (χ2n) is 27.2. The van der Waals surface area contributed by atoms with Gasteiger partial charge in [0.2, 0.25) is 65.0 Å². The fraction of sp³-hybridized carbons (Fsp3) is 0.769. The van der Waals surface area contributed by atoms with E-state index in [1.165, 1.54) is 82.8 Å². The van der Waals surface area contributed by atoms with Crippen molar-refractivity contribution in [3.8, 4) is 0 Å². The molecule has 0 bridgehead atoms. The van der Waals surface area contributed by atoms with Crippen LogP contribution in [-0.2, 0) is 57.5 Å². The summed E-state index contributed by atoms with van der Waals surface area (Å²) in [6.45, 7) is 34.3. The number of hydrogen-bond acceptors (Lipinski definition) is 13. The molecule has 12 atom stereocenters. The molecule has 1 fully saturated rings. The zero-order valence-corrected chi connectivity index (χ0v) is 58.6. The Kier molecular flexibility index (Phi) is 32.3. The molecule has 1 aliphatic heterocycles. The highest BCUT2D eigenvalue weighted by molar-refractivity contribution is 5.99. The van der Waals surface area contributed by atoms with Gasteiger partial charge in [0.25, 0.3) is 0 Å². The minimum Gasteiger partial charge on any atom is -0.493 e. The highest BCUT2D eigenvalue weighted by Crippen LogP contribution is 2.27. The maximum absolute atomic E-state index is 15.2. The lowest BCUT2D eigenvalue weighted by Gasteiger charge is -2.41. The van der Waals surface area contributed by atoms with Crippen LogP contribution in [0.15, 0.2) is 24.5 Å². The molecule has 89 heavy (non-hydrogen) atoms. The van der Waals surface area contributed by atoms with Crippen LogP contribution in [0.4, 0.5) is 0 Å². The summed E-state index contributed by atoms with van der Waals surface area (Å²) in [5, 5.41) is 23.1. The van der Waals surface area contributed by atoms with Gasteiger partial charge in [-0.2, -0.15) is 0 Å². The molecule has 24 heteroatoms. The minimum atomic E-state index is -1.63. The molecule has 1 saturated heterocycles. The van der Waals surface area contributed by atoms with Crippen molar-refractivity contribution < 1.29 is 62.6 Å². The Morgan fingerprint density at radius 2 is 1.01 bits per heavy atom. The molecule has 1 aliphatic rings. The summed E-state index contributed by atoms with van der Waals surface area (Å²) < 4.78 is 6.02. The molecule has 0 saturated carbocycles. The summed E-state index contributed by atoms with van der Waals surface area (Å²) in [6, 6.07) is -12.8. The Labute approximate surface area is 532 Å². The Hall–Kier alpha value is -6.59. The number of hydrogen-bond donors (Lipinski definition) is 5. The van der Waals surface area contributed by atoms with Crippen LogP contribution >= 0.6 is 0 Å². The van der Waals surface area contributed by atoms with Gasteiger partial charge in [0, 0.05) is 55.8 Å². The Morgan fingerprint density at radius 3 is 1.47 bits per heavy atom. The second-order valence-corrected chi connectivity index (χ2v) is 27.2. The molecule has 24 nitrogen and oxygen atoms in total. The molecule has 1 rings (SSSR count). The van der Waals surface area contributed by atoms with Crippen LogP contribution in [0, 0.1) is 35.5 Å². The van der Waals surface area contributed by atoms with Gasteiger partial charge in [0.15, 0.2) is 0 Å². The quantitative estimate of drug-likeness (QED) is 0.102. The van der Waals surface area contributed by atoms with Crippen molar-refractivity contribution in [3.05, 3.63) is 24.5 Å². The molecule has 0 radical (unpaired) electrons. The molecule has 0 aromatic carbocycles. The molecule has 0 aromatic heterocycles. The van der Waals surface area contributed by atoms with Gasteiger partial charge in [-0.3, -0.25) is 52.7 Å². The first-order valence-electron chi connectivity index (χ1n) is 31.6. The molecule has 5 N–H and O–H groups in total. The predicted octanol–water partition coefficient (Wildman–Crippen LogP) is 3.94. The van der Waals surface area contributed by atoms with E-state index in [0.29, 0.717) is 12.2 Å². The molecule has 0 aromatic rings. The van der Waals surface area contributed by atoms with Crippen LogP contribution in [0.1, 0.15) is 163 Å². The van der Waals surface area contributed by atoms with Crippen LogP contribution in [0.5, 0.6) is 0 Å². The molecular formula is C65H115N11O13. The average Bonchev–Trinajstić information content (AvgIpc) is 0.912. The van der Waals surface area contributed by atoms with Crippen molar-refractivity contribution in [1.82, 2.24) is 55.6 Å². The van der Waals surface area contributed by atoms with E-state index in [1.54, 1.807) is 81.4 Å². The van der Waals surface area contributed by atoms with Crippen LogP contribution in [0.2, 0.25) is 0 Å². The monoisotopic (exact) mass is 1260 g/mol. The second kappa shape index (κ2) is 35.7. The number of ether oxygens (including phenoxy) is 1. The molecule has 508 valence electrons. The molecular weight excluding hydrogens is 1140 g/mol. The van der Waals surface area contributed by atoms with Gasteiger partial charge in [-0.15, -0.1) is 0 Å². The number of nitrogens with zero attached hydrogens (tertiary/aromatic N) is 7. The fourth-order valence-corrected chi connectivity index (χ4v) is 11.2. The normalized spacial score (nSPS) is 26.3. The van der Waals surface area contributed by atoms with Crippen molar-refractivity contribution >= 4 is 65.0 Å². The van der Waals surface area contributed by atoms with Crippen LogP contribution in [0.25, 0.3) is 0 Å². The Morgan fingerprint density at radius 1 is 0.562 bits per heavy atom. The maximum Gasteiger partial charge on any atom is 0.246 e. The summed E-state index contributed by atoms with van der Waals surface area (Å²) >= 11 is 0. The third-order valence-electron chi connectivity index (χ3n) is 16.5. The van der Waals surface area contributed by atoms with E-state index in [1.807, 2.05) is 41.5 Å². The van der Waals surface area contributed by atoms with Crippen LogP contribution in [-0.4, -0.2) is 232 Å². The highest BCUT2D eigenvalue weighted by atomic mass is 16.5. The number of aliphatic hydroxyl groups excluding tert-OH is 1. The first-order valence-corrected chi connectivity index (χ1v) is 31.6. The van der Waals surface area contributed by atoms with Gasteiger partial charge < -0.3 is 65.4 Å². The third kappa shape index (κ3) is 23.0. The van der Waals surface area contributed by atoms with Gasteiger partial charge in [0.1, 0.15) is 66.0 Å². The topological polar surface area (TPSA) is 288 Å². The van der Waals surface area contributed by atoms with Gasteiger partial charge >= 0.3 is 0 Å². The van der Waals surface area contributed by atoms with E-state index < -0.39 is 161 Å². The number of rotatable bonds is 17. The molecule has 1 unspecified atom stereocenters. The average molecular weight is 1260 g/mol. The summed E-state index contributed by atoms with van der Waals surface area (Å²) in [5.74, 6) is -9.75. The highest BCUT2D eigenvalue weighted by Gasteiger charge is 2.46. The number of aliphatic hydroxyl groups is 1. The first kappa shape index (κ1) is 80.4. The first-order chi connectivity index (χ1) is 40.9. The van der Waals surface area contributed by atoms with Crippen molar-refractivity contribution in [2.75, 3.05) is 55.9 Å². The SMILES string of the molecule is C=C(C)OC(C)(C)C[C@H]1C(=O)N[C@H](C(C)C)C(=O)N(C)[C@H](CC(C)C)C(=O)N[C@H](C)C(=O)N[C@@H](C)C(=O)N(C)[C@H](CC(C)C)C(=O)N(C)[C@@H](CC(C)C)C(=O)N(C)[C@H](C(C)C)C(=O)N(C)C([C@H](O)[C@H](C)C/C=C/C)C(=O)N[C@H](CC)C(=O)N(C)CC(=O)N1C. The number of nitrogens with one attached hydrogen (secondary N) is 4. The van der Waals surface area contributed by atoms with Crippen LogP contribution in [0.3, 0.4) is 0 Å². The molecule has 0 spiro atoms. The van der Waals surface area contributed by atoms with E-state index >= 15 is 9.59 Å². The third-order valence-corrected chi connectivity index (χ3v) is 16.5. The number of amides is 11. The van der Waals surface area contributed by atoms with Gasteiger partial charge in [-0.25, -0.2) is 0 Å². The van der Waals surface area contributed by atoms with Gasteiger partial charge in [-0.05, 0) is 109 Å². The smallest absolute Gasteiger partial charge is 0.246 e. The zero-order chi connectivity index (χ0) is 69.2. The van der Waals surface area contributed by atoms with E-state index in [-0.39, 0.29) is 49.9 Å². The van der Waals surface area contributed by atoms with E-state index in [4.69, 9.17) is 4.74 Å².